The fourth-order valence-electron chi connectivity index (χ4n) is 3.44. The van der Waals surface area contributed by atoms with Crippen LogP contribution in [0.2, 0.25) is 0 Å². The van der Waals surface area contributed by atoms with Gasteiger partial charge in [-0.25, -0.2) is 0 Å². The number of methoxy groups -OCH3 is 1. The predicted octanol–water partition coefficient (Wildman–Crippen LogP) is 2.57. The van der Waals surface area contributed by atoms with Gasteiger partial charge >= 0.3 is 5.97 Å². The average Bonchev–Trinajstić information content (AvgIpc) is 3.21. The van der Waals surface area contributed by atoms with E-state index >= 15 is 0 Å². The Morgan fingerprint density at radius 3 is 2.67 bits per heavy atom. The molecule has 0 radical (unpaired) electrons. The second kappa shape index (κ2) is 14.4. The topological polar surface area (TPSA) is 72.4 Å². The normalized spacial score (nSPS) is 23.0. The third kappa shape index (κ3) is 8.95. The van der Waals surface area contributed by atoms with E-state index in [1.807, 2.05) is 0 Å². The Kier molecular flexibility index (Phi) is 13.0. The second-order valence-corrected chi connectivity index (χ2v) is 6.88. The summed E-state index contributed by atoms with van der Waals surface area (Å²) in [6.07, 6.45) is 7.18. The van der Waals surface area contributed by atoms with Crippen molar-refractivity contribution in [2.75, 3.05) is 46.5 Å². The highest BCUT2D eigenvalue weighted by Gasteiger charge is 2.32. The smallest absolute Gasteiger partial charge is 0.305 e. The van der Waals surface area contributed by atoms with Gasteiger partial charge in [0, 0.05) is 39.2 Å². The molecule has 2 rings (SSSR count). The third-order valence-corrected chi connectivity index (χ3v) is 4.89. The Morgan fingerprint density at radius 1 is 1.19 bits per heavy atom. The Balaban J connectivity index is 0.00000364. The van der Waals surface area contributed by atoms with Crippen molar-refractivity contribution < 1.29 is 19.0 Å². The SMILES string of the molecule is CCNC(=NCCCCCCC(=O)OC)N1CCOC(C2CCCO2)C1.I. The molecular formula is C19H36IN3O4. The summed E-state index contributed by atoms with van der Waals surface area (Å²) in [5.74, 6) is 0.860. The van der Waals surface area contributed by atoms with Crippen LogP contribution >= 0.6 is 24.0 Å². The van der Waals surface area contributed by atoms with Crippen LogP contribution in [0.3, 0.4) is 0 Å². The molecule has 2 unspecified atom stereocenters. The van der Waals surface area contributed by atoms with Gasteiger partial charge in [0.25, 0.3) is 0 Å². The van der Waals surface area contributed by atoms with Gasteiger partial charge in [0.15, 0.2) is 5.96 Å². The molecule has 0 spiro atoms. The van der Waals surface area contributed by atoms with E-state index in [1.165, 1.54) is 7.11 Å². The Labute approximate surface area is 180 Å². The lowest BCUT2D eigenvalue weighted by atomic mass is 10.1. The van der Waals surface area contributed by atoms with Gasteiger partial charge in [0.2, 0.25) is 0 Å². The quantitative estimate of drug-likeness (QED) is 0.174. The van der Waals surface area contributed by atoms with Crippen LogP contribution in [-0.2, 0) is 19.0 Å². The molecular weight excluding hydrogens is 461 g/mol. The fourth-order valence-corrected chi connectivity index (χ4v) is 3.44. The number of hydrogen-bond acceptors (Lipinski definition) is 5. The molecule has 0 aliphatic carbocycles. The zero-order valence-electron chi connectivity index (χ0n) is 16.8. The lowest BCUT2D eigenvalue weighted by Crippen LogP contribution is -2.53. The molecule has 158 valence electrons. The number of carbonyl (C=O) groups excluding carboxylic acids is 1. The van der Waals surface area contributed by atoms with E-state index < -0.39 is 0 Å². The number of halogens is 1. The number of rotatable bonds is 9. The number of aliphatic imine (C=N–C) groups is 1. The monoisotopic (exact) mass is 497 g/mol. The van der Waals surface area contributed by atoms with Crippen LogP contribution < -0.4 is 5.32 Å². The Bertz CT molecular complexity index is 445. The number of nitrogens with one attached hydrogen (secondary N) is 1. The van der Waals surface area contributed by atoms with Crippen LogP contribution in [0, 0.1) is 0 Å². The molecule has 8 heteroatoms. The molecule has 7 nitrogen and oxygen atoms in total. The number of hydrogen-bond donors (Lipinski definition) is 1. The van der Waals surface area contributed by atoms with E-state index in [2.05, 4.69) is 21.9 Å². The molecule has 2 saturated heterocycles. The number of nitrogens with zero attached hydrogens (tertiary/aromatic N) is 2. The molecule has 0 amide bonds. The molecule has 0 bridgehead atoms. The van der Waals surface area contributed by atoms with Crippen molar-refractivity contribution in [3.05, 3.63) is 0 Å². The minimum Gasteiger partial charge on any atom is -0.469 e. The first kappa shape index (κ1) is 24.4. The van der Waals surface area contributed by atoms with Crippen LogP contribution in [-0.4, -0.2) is 75.5 Å². The van der Waals surface area contributed by atoms with E-state index in [-0.39, 0.29) is 42.2 Å². The summed E-state index contributed by atoms with van der Waals surface area (Å²) in [6.45, 7) is 7.06. The summed E-state index contributed by atoms with van der Waals surface area (Å²) in [7, 11) is 1.44. The number of esters is 1. The summed E-state index contributed by atoms with van der Waals surface area (Å²) in [4.78, 5) is 18.2. The molecule has 2 fully saturated rings. The maximum atomic E-state index is 11.1. The predicted molar refractivity (Wildman–Crippen MR) is 117 cm³/mol. The van der Waals surface area contributed by atoms with E-state index in [9.17, 15) is 4.79 Å². The molecule has 0 saturated carbocycles. The van der Waals surface area contributed by atoms with Crippen LogP contribution in [0.4, 0.5) is 0 Å². The highest BCUT2D eigenvalue weighted by atomic mass is 127. The van der Waals surface area contributed by atoms with Gasteiger partial charge in [0.1, 0.15) is 6.10 Å². The molecule has 1 N–H and O–H groups in total. The summed E-state index contributed by atoms with van der Waals surface area (Å²) in [6, 6.07) is 0. The third-order valence-electron chi connectivity index (χ3n) is 4.89. The Morgan fingerprint density at radius 2 is 1.96 bits per heavy atom. The van der Waals surface area contributed by atoms with E-state index in [0.717, 1.165) is 83.9 Å². The maximum absolute atomic E-state index is 11.1. The summed E-state index contributed by atoms with van der Waals surface area (Å²) >= 11 is 0. The number of ether oxygens (including phenoxy) is 3. The van der Waals surface area contributed by atoms with Crippen LogP contribution in [0.1, 0.15) is 51.9 Å². The minimum absolute atomic E-state index is 0. The van der Waals surface area contributed by atoms with Crippen molar-refractivity contribution in [3.8, 4) is 0 Å². The molecule has 0 aromatic rings. The van der Waals surface area contributed by atoms with Gasteiger partial charge in [0.05, 0.1) is 19.8 Å². The van der Waals surface area contributed by atoms with Crippen molar-refractivity contribution in [2.45, 2.75) is 64.1 Å². The fraction of sp³-hybridized carbons (Fsp3) is 0.895. The molecule has 2 aliphatic rings. The number of guanidine groups is 1. The summed E-state index contributed by atoms with van der Waals surface area (Å²) < 4.78 is 16.4. The van der Waals surface area contributed by atoms with Crippen molar-refractivity contribution in [1.82, 2.24) is 10.2 Å². The van der Waals surface area contributed by atoms with Crippen molar-refractivity contribution in [1.29, 1.82) is 0 Å². The van der Waals surface area contributed by atoms with E-state index in [0.29, 0.717) is 6.42 Å². The van der Waals surface area contributed by atoms with Crippen molar-refractivity contribution in [3.63, 3.8) is 0 Å². The highest BCUT2D eigenvalue weighted by molar-refractivity contribution is 14.0. The Hall–Kier alpha value is -0.610. The standard InChI is InChI=1S/C19H35N3O4.HI/c1-3-20-19(21-11-7-5-4-6-10-18(23)24-2)22-12-14-26-17(15-22)16-9-8-13-25-16;/h16-17H,3-15H2,1-2H3,(H,20,21);1H. The first-order valence-electron chi connectivity index (χ1n) is 10.1. The van der Waals surface area contributed by atoms with Gasteiger partial charge in [-0.2, -0.15) is 0 Å². The van der Waals surface area contributed by atoms with Gasteiger partial charge in [-0.15, -0.1) is 24.0 Å². The molecule has 2 heterocycles. The number of unbranched alkanes of at least 4 members (excludes halogenated alkanes) is 3. The minimum atomic E-state index is -0.120. The largest absolute Gasteiger partial charge is 0.469 e. The first-order valence-corrected chi connectivity index (χ1v) is 10.1. The number of morpholine rings is 1. The zero-order chi connectivity index (χ0) is 18.6. The van der Waals surface area contributed by atoms with E-state index in [4.69, 9.17) is 14.5 Å². The first-order chi connectivity index (χ1) is 12.7. The average molecular weight is 497 g/mol. The van der Waals surface area contributed by atoms with Gasteiger partial charge in [-0.1, -0.05) is 12.8 Å². The number of carbonyl (C=O) groups is 1. The maximum Gasteiger partial charge on any atom is 0.305 e. The zero-order valence-corrected chi connectivity index (χ0v) is 19.1. The second-order valence-electron chi connectivity index (χ2n) is 6.88. The lowest BCUT2D eigenvalue weighted by molar-refractivity contribution is -0.140. The van der Waals surface area contributed by atoms with E-state index in [1.54, 1.807) is 0 Å². The van der Waals surface area contributed by atoms with Gasteiger partial charge in [-0.3, -0.25) is 9.79 Å². The molecule has 2 aliphatic heterocycles. The molecule has 0 aromatic carbocycles. The van der Waals surface area contributed by atoms with Gasteiger partial charge in [-0.05, 0) is 32.6 Å². The van der Waals surface area contributed by atoms with Crippen LogP contribution in [0.25, 0.3) is 0 Å². The van der Waals surface area contributed by atoms with Crippen LogP contribution in [0.5, 0.6) is 0 Å². The molecule has 0 aromatic heterocycles. The van der Waals surface area contributed by atoms with Crippen molar-refractivity contribution >= 4 is 35.9 Å². The highest BCUT2D eigenvalue weighted by Crippen LogP contribution is 2.21. The lowest BCUT2D eigenvalue weighted by Gasteiger charge is -2.37. The summed E-state index contributed by atoms with van der Waals surface area (Å²) in [5.41, 5.74) is 0. The molecule has 2 atom stereocenters. The molecule has 27 heavy (non-hydrogen) atoms. The van der Waals surface area contributed by atoms with Gasteiger partial charge < -0.3 is 24.4 Å². The van der Waals surface area contributed by atoms with Crippen LogP contribution in [0.15, 0.2) is 4.99 Å². The van der Waals surface area contributed by atoms with Crippen molar-refractivity contribution in [2.24, 2.45) is 4.99 Å². The summed E-state index contributed by atoms with van der Waals surface area (Å²) in [5, 5.41) is 3.41.